The Morgan fingerprint density at radius 1 is 1.17 bits per heavy atom. The van der Waals surface area contributed by atoms with Crippen LogP contribution in [0.25, 0.3) is 0 Å². The zero-order chi connectivity index (χ0) is 12.6. The lowest BCUT2D eigenvalue weighted by Crippen LogP contribution is -2.35. The molecule has 0 aromatic heterocycles. The smallest absolute Gasteiger partial charge is 0.119 e. The number of ether oxygens (including phenoxy) is 2. The average molecular weight is 249 g/mol. The summed E-state index contributed by atoms with van der Waals surface area (Å²) < 4.78 is 11.0. The summed E-state index contributed by atoms with van der Waals surface area (Å²) in [4.78, 5) is 2.43. The summed E-state index contributed by atoms with van der Waals surface area (Å²) in [5.41, 5.74) is 1.35. The first-order chi connectivity index (χ1) is 8.88. The predicted molar refractivity (Wildman–Crippen MR) is 72.9 cm³/mol. The van der Waals surface area contributed by atoms with E-state index in [9.17, 15) is 0 Å². The fourth-order valence-electron chi connectivity index (χ4n) is 2.04. The van der Waals surface area contributed by atoms with E-state index in [4.69, 9.17) is 9.47 Å². The highest BCUT2D eigenvalue weighted by atomic mass is 16.5. The molecule has 3 nitrogen and oxygen atoms in total. The number of hydrogen-bond donors (Lipinski definition) is 0. The van der Waals surface area contributed by atoms with Crippen molar-refractivity contribution in [2.75, 3.05) is 32.9 Å². The van der Waals surface area contributed by atoms with E-state index in [0.717, 1.165) is 51.6 Å². The van der Waals surface area contributed by atoms with E-state index in [-0.39, 0.29) is 0 Å². The Bertz CT molecular complexity index is 331. The molecule has 0 spiro atoms. The van der Waals surface area contributed by atoms with Crippen molar-refractivity contribution in [3.8, 4) is 5.75 Å². The standard InChI is InChI=1S/C15H23NO2/c1-2-3-10-18-15-6-4-14(5-7-15)13-16-8-11-17-12-9-16/h4-7H,2-3,8-13H2,1H3. The molecule has 100 valence electrons. The number of rotatable bonds is 6. The molecule has 1 saturated heterocycles. The third-order valence-corrected chi connectivity index (χ3v) is 3.20. The van der Waals surface area contributed by atoms with Crippen molar-refractivity contribution < 1.29 is 9.47 Å². The molecule has 0 bridgehead atoms. The van der Waals surface area contributed by atoms with Gasteiger partial charge < -0.3 is 9.47 Å². The number of benzene rings is 1. The quantitative estimate of drug-likeness (QED) is 0.724. The highest BCUT2D eigenvalue weighted by Crippen LogP contribution is 2.14. The van der Waals surface area contributed by atoms with Crippen LogP contribution in [-0.2, 0) is 11.3 Å². The van der Waals surface area contributed by atoms with Crippen LogP contribution in [0.3, 0.4) is 0 Å². The maximum atomic E-state index is 5.66. The van der Waals surface area contributed by atoms with Gasteiger partial charge in [-0.05, 0) is 24.1 Å². The van der Waals surface area contributed by atoms with Gasteiger partial charge in [-0.25, -0.2) is 0 Å². The monoisotopic (exact) mass is 249 g/mol. The van der Waals surface area contributed by atoms with Crippen LogP contribution < -0.4 is 4.74 Å². The summed E-state index contributed by atoms with van der Waals surface area (Å²) >= 11 is 0. The maximum Gasteiger partial charge on any atom is 0.119 e. The van der Waals surface area contributed by atoms with Crippen LogP contribution in [0.4, 0.5) is 0 Å². The molecular weight excluding hydrogens is 226 g/mol. The lowest BCUT2D eigenvalue weighted by atomic mass is 10.2. The SMILES string of the molecule is CCCCOc1ccc(CN2CCOCC2)cc1. The Morgan fingerprint density at radius 2 is 1.89 bits per heavy atom. The number of unbranched alkanes of at least 4 members (excludes halogenated alkanes) is 1. The molecule has 1 aromatic carbocycles. The van der Waals surface area contributed by atoms with Crippen LogP contribution in [0.5, 0.6) is 5.75 Å². The molecule has 1 fully saturated rings. The first kappa shape index (κ1) is 13.4. The third-order valence-electron chi connectivity index (χ3n) is 3.20. The Balaban J connectivity index is 1.79. The van der Waals surface area contributed by atoms with E-state index in [1.165, 1.54) is 12.0 Å². The van der Waals surface area contributed by atoms with Crippen LogP contribution in [0, 0.1) is 0 Å². The summed E-state index contributed by atoms with van der Waals surface area (Å²) in [6.07, 6.45) is 2.30. The number of nitrogens with zero attached hydrogens (tertiary/aromatic N) is 1. The molecular formula is C15H23NO2. The first-order valence-corrected chi connectivity index (χ1v) is 6.90. The minimum atomic E-state index is 0.819. The Hall–Kier alpha value is -1.06. The second kappa shape index (κ2) is 7.39. The molecule has 0 N–H and O–H groups in total. The zero-order valence-corrected chi connectivity index (χ0v) is 11.2. The van der Waals surface area contributed by atoms with E-state index in [2.05, 4.69) is 36.1 Å². The van der Waals surface area contributed by atoms with E-state index in [1.54, 1.807) is 0 Å². The predicted octanol–water partition coefficient (Wildman–Crippen LogP) is 2.70. The van der Waals surface area contributed by atoms with Gasteiger partial charge in [0.05, 0.1) is 19.8 Å². The number of hydrogen-bond acceptors (Lipinski definition) is 3. The zero-order valence-electron chi connectivity index (χ0n) is 11.2. The first-order valence-electron chi connectivity index (χ1n) is 6.90. The molecule has 18 heavy (non-hydrogen) atoms. The van der Waals surface area contributed by atoms with Crippen molar-refractivity contribution in [1.82, 2.24) is 4.90 Å². The fraction of sp³-hybridized carbons (Fsp3) is 0.600. The summed E-state index contributed by atoms with van der Waals surface area (Å²) in [5, 5.41) is 0. The molecule has 0 atom stereocenters. The highest BCUT2D eigenvalue weighted by molar-refractivity contribution is 5.27. The van der Waals surface area contributed by atoms with Crippen molar-refractivity contribution in [3.05, 3.63) is 29.8 Å². The van der Waals surface area contributed by atoms with Crippen LogP contribution in [0.1, 0.15) is 25.3 Å². The third kappa shape index (κ3) is 4.31. The highest BCUT2D eigenvalue weighted by Gasteiger charge is 2.10. The van der Waals surface area contributed by atoms with Gasteiger partial charge in [0.15, 0.2) is 0 Å². The van der Waals surface area contributed by atoms with Crippen molar-refractivity contribution in [3.63, 3.8) is 0 Å². The minimum Gasteiger partial charge on any atom is -0.494 e. The Labute approximate surface area is 110 Å². The Kier molecular flexibility index (Phi) is 5.49. The van der Waals surface area contributed by atoms with Crippen LogP contribution >= 0.6 is 0 Å². The van der Waals surface area contributed by atoms with Crippen molar-refractivity contribution in [2.45, 2.75) is 26.3 Å². The maximum absolute atomic E-state index is 5.66. The van der Waals surface area contributed by atoms with Crippen LogP contribution in [0.15, 0.2) is 24.3 Å². The minimum absolute atomic E-state index is 0.819. The molecule has 0 saturated carbocycles. The van der Waals surface area contributed by atoms with Crippen molar-refractivity contribution in [2.24, 2.45) is 0 Å². The lowest BCUT2D eigenvalue weighted by Gasteiger charge is -2.26. The van der Waals surface area contributed by atoms with Gasteiger partial charge in [-0.2, -0.15) is 0 Å². The van der Waals surface area contributed by atoms with Gasteiger partial charge in [-0.15, -0.1) is 0 Å². The lowest BCUT2D eigenvalue weighted by molar-refractivity contribution is 0.0342. The van der Waals surface area contributed by atoms with Crippen molar-refractivity contribution >= 4 is 0 Å². The summed E-state index contributed by atoms with van der Waals surface area (Å²) in [6, 6.07) is 8.48. The molecule has 3 heteroatoms. The van der Waals surface area contributed by atoms with Gasteiger partial charge in [-0.1, -0.05) is 25.5 Å². The molecule has 2 rings (SSSR count). The van der Waals surface area contributed by atoms with E-state index in [0.29, 0.717) is 0 Å². The van der Waals surface area contributed by atoms with Crippen LogP contribution in [-0.4, -0.2) is 37.8 Å². The molecule has 0 amide bonds. The van der Waals surface area contributed by atoms with Gasteiger partial charge in [0.1, 0.15) is 5.75 Å². The molecule has 1 aliphatic rings. The van der Waals surface area contributed by atoms with Crippen molar-refractivity contribution in [1.29, 1.82) is 0 Å². The van der Waals surface area contributed by atoms with Gasteiger partial charge in [-0.3, -0.25) is 4.90 Å². The van der Waals surface area contributed by atoms with Gasteiger partial charge >= 0.3 is 0 Å². The molecule has 1 aromatic rings. The van der Waals surface area contributed by atoms with E-state index in [1.807, 2.05) is 0 Å². The largest absolute Gasteiger partial charge is 0.494 e. The Morgan fingerprint density at radius 3 is 2.56 bits per heavy atom. The fourth-order valence-corrected chi connectivity index (χ4v) is 2.04. The number of morpholine rings is 1. The summed E-state index contributed by atoms with van der Waals surface area (Å²) in [7, 11) is 0. The normalized spacial score (nSPS) is 16.7. The topological polar surface area (TPSA) is 21.7 Å². The second-order valence-electron chi connectivity index (χ2n) is 4.73. The second-order valence-corrected chi connectivity index (χ2v) is 4.73. The van der Waals surface area contributed by atoms with Gasteiger partial charge in [0, 0.05) is 19.6 Å². The summed E-state index contributed by atoms with van der Waals surface area (Å²) in [6.45, 7) is 7.80. The molecule has 1 aliphatic heterocycles. The summed E-state index contributed by atoms with van der Waals surface area (Å²) in [5.74, 6) is 0.981. The van der Waals surface area contributed by atoms with E-state index >= 15 is 0 Å². The van der Waals surface area contributed by atoms with E-state index < -0.39 is 0 Å². The molecule has 0 radical (unpaired) electrons. The molecule has 0 aliphatic carbocycles. The molecule has 1 heterocycles. The average Bonchev–Trinajstić information content (AvgIpc) is 2.42. The van der Waals surface area contributed by atoms with Crippen LogP contribution in [0.2, 0.25) is 0 Å². The molecule has 0 unspecified atom stereocenters. The van der Waals surface area contributed by atoms with Gasteiger partial charge in [0.25, 0.3) is 0 Å². The van der Waals surface area contributed by atoms with Gasteiger partial charge in [0.2, 0.25) is 0 Å².